The highest BCUT2D eigenvalue weighted by atomic mass is 16.6. The lowest BCUT2D eigenvalue weighted by Crippen LogP contribution is -2.59. The Morgan fingerprint density at radius 1 is 0.427 bits per heavy atom. The summed E-state index contributed by atoms with van der Waals surface area (Å²) in [6, 6.07) is -14.2. The average Bonchev–Trinajstić information content (AvgIpc) is 1.63. The number of terminal acetylenes is 1. The van der Waals surface area contributed by atoms with Gasteiger partial charge in [0.25, 0.3) is 0 Å². The van der Waals surface area contributed by atoms with Gasteiger partial charge >= 0.3 is 18.3 Å². The third-order valence-corrected chi connectivity index (χ3v) is 26.3. The van der Waals surface area contributed by atoms with Crippen LogP contribution in [0, 0.1) is 12.3 Å². The van der Waals surface area contributed by atoms with Crippen LogP contribution >= 0.6 is 0 Å². The number of alkyl carbamates (subject to hydrolysis) is 3. The summed E-state index contributed by atoms with van der Waals surface area (Å²) >= 11 is 0. The summed E-state index contributed by atoms with van der Waals surface area (Å²) in [5.74, 6) is -4.41. The Kier molecular flexibility index (Phi) is 33.3. The SMILES string of the molecule is C.C#CCCC(=O)[C@@H]1CCCN1C(=O)CCCn1cc(CNC(=O)[C@@H]2CCCN2C(=O)[C@@H]2CCCN2C(=O)[C@@H]2C[C@@H](NC(=O)OCC=C)CN2C(=O)[C@@H]2CCCN2C(=O)[C@@H]2CCCN2C(=O)[C@@H]2C[C@@H](NC(=O)OCC=C)CN2C(=O)[C@@H]2CCCN2C(=O)[C@@H]2CCCN2C(=O)[C@@H]2C[C@@H](NC(=O)OCC=C)CN2C(=O)Cn2cc(CNC(=O)[C@@H]3CCCN3C(=O)CN=[N+]=[N-])nn2)nn1. The molecule has 0 unspecified atom stereocenters. The molecule has 0 saturated carbocycles. The number of hydrogen-bond donors (Lipinski definition) is 5. The summed E-state index contributed by atoms with van der Waals surface area (Å²) in [6.45, 7) is 10.5. The smallest absolute Gasteiger partial charge is 0.407 e. The number of ketones is 1. The van der Waals surface area contributed by atoms with Crippen molar-refractivity contribution in [2.24, 2.45) is 5.11 Å². The molecule has 131 heavy (non-hydrogen) atoms. The highest BCUT2D eigenvalue weighted by Gasteiger charge is 2.55. The minimum atomic E-state index is -1.32. The van der Waals surface area contributed by atoms with Gasteiger partial charge in [0.2, 0.25) is 76.8 Å². The fourth-order valence-electron chi connectivity index (χ4n) is 20.3. The standard InChI is InChI=1S/C85H115N25O20.CH4/c1-5-9-27-69(111)58-19-10-30-100(58)70(112)28-18-29-98-47-56(93-96-98)44-88-74(116)60-21-12-32-102(60)75(117)61-22-13-36-106(61)81(123)67-42-54(91-84(126)129-39-7-3)50-109(67)79(121)65-26-17-34-104(65)77(119)63-24-15-37-107(63)82(124)68-43-55(92-85(127)130-40-8-4)51-110(68)78(120)64-25-16-33-103(64)76(118)62-23-14-35-105(62)80(122)66-41-53(90-83(125)128-38-6-2)49-108(66)72(114)52-99-48-57(94-97-99)45-87-73(115)59-20-11-31-101(59)71(113)46-89-95-86;/h1,6-8,47-48,53-55,58-68H,2-4,9-46,49-52H2,(H,87,115)(H,88,116)(H,90,125)(H,91,126)(H,92,127);1H4/t53-,54-,55-,58+,59+,60+,61+,62+,63+,64+,65+,66+,67+,68+;/m1./s1. The second kappa shape index (κ2) is 45.0. The maximum Gasteiger partial charge on any atom is 0.407 e. The number of likely N-dealkylation sites (tertiary alicyclic amines) is 11. The van der Waals surface area contributed by atoms with Gasteiger partial charge in [0, 0.05) is 103 Å². The number of carbonyl (C=O) groups excluding carboxylic acids is 17. The van der Waals surface area contributed by atoms with E-state index in [0.717, 1.165) is 6.42 Å². The number of hydrogen-bond acceptors (Lipinski definition) is 25. The molecule has 2 aromatic heterocycles. The topological polar surface area (TPSA) is 524 Å². The number of rotatable bonds is 34. The summed E-state index contributed by atoms with van der Waals surface area (Å²) in [6.07, 6.45) is 16.5. The molecule has 0 radical (unpaired) electrons. The minimum Gasteiger partial charge on any atom is -0.445 e. The molecule has 11 saturated heterocycles. The molecular formula is C86H119N25O20. The maximum absolute atomic E-state index is 15.6. The predicted octanol–water partition coefficient (Wildman–Crippen LogP) is 0.0844. The fraction of sp³-hybridized carbons (Fsp3) is 0.663. The zero-order valence-corrected chi connectivity index (χ0v) is 73.0. The van der Waals surface area contributed by atoms with E-state index in [2.05, 4.69) is 82.9 Å². The number of ether oxygens (including phenoxy) is 3. The number of azide groups is 1. The normalized spacial score (nSPS) is 25.5. The summed E-state index contributed by atoms with van der Waals surface area (Å²) in [7, 11) is 0. The number of amides is 16. The van der Waals surface area contributed by atoms with Gasteiger partial charge in [-0.2, -0.15) is 0 Å². The van der Waals surface area contributed by atoms with E-state index in [4.69, 9.17) is 26.2 Å². The highest BCUT2D eigenvalue weighted by Crippen LogP contribution is 2.37. The zero-order valence-electron chi connectivity index (χ0n) is 73.0. The molecule has 708 valence electrons. The van der Waals surface area contributed by atoms with Crippen LogP contribution in [0.1, 0.15) is 166 Å². The monoisotopic (exact) mass is 1820 g/mol. The van der Waals surface area contributed by atoms with E-state index < -0.39 is 187 Å². The Morgan fingerprint density at radius 3 is 1.15 bits per heavy atom. The van der Waals surface area contributed by atoms with E-state index in [9.17, 15) is 47.9 Å². The van der Waals surface area contributed by atoms with Crippen molar-refractivity contribution in [3.63, 3.8) is 0 Å². The minimum absolute atomic E-state index is 0. The largest absolute Gasteiger partial charge is 0.445 e. The van der Waals surface area contributed by atoms with Crippen molar-refractivity contribution in [3.8, 4) is 12.3 Å². The number of carbonyl (C=O) groups is 17. The van der Waals surface area contributed by atoms with Crippen molar-refractivity contribution in [3.05, 3.63) is 72.2 Å². The predicted molar refractivity (Wildman–Crippen MR) is 460 cm³/mol. The Hall–Kier alpha value is -13.0. The summed E-state index contributed by atoms with van der Waals surface area (Å²) in [5, 5.41) is 33.8. The third-order valence-electron chi connectivity index (χ3n) is 26.3. The summed E-state index contributed by atoms with van der Waals surface area (Å²) < 4.78 is 18.5. The molecule has 13 rings (SSSR count). The molecule has 16 amide bonds. The molecule has 11 aliphatic rings. The number of aryl methyl sites for hydroxylation is 1. The van der Waals surface area contributed by atoms with Gasteiger partial charge in [0.1, 0.15) is 105 Å². The third kappa shape index (κ3) is 22.7. The van der Waals surface area contributed by atoms with Crippen LogP contribution in [0.5, 0.6) is 0 Å². The number of nitrogens with zero attached hydrogens (tertiary/aromatic N) is 20. The lowest BCUT2D eigenvalue weighted by Gasteiger charge is -2.37. The van der Waals surface area contributed by atoms with E-state index in [-0.39, 0.29) is 181 Å². The Bertz CT molecular complexity index is 4760. The summed E-state index contributed by atoms with van der Waals surface area (Å²) in [5.41, 5.74) is 9.39. The first kappa shape index (κ1) is 97.0. The van der Waals surface area contributed by atoms with Crippen LogP contribution in [0.25, 0.3) is 10.4 Å². The van der Waals surface area contributed by atoms with Crippen molar-refractivity contribution >= 4 is 101 Å². The van der Waals surface area contributed by atoms with Crippen molar-refractivity contribution < 1.29 is 95.7 Å². The van der Waals surface area contributed by atoms with Gasteiger partial charge in [-0.1, -0.05) is 60.9 Å². The number of aromatic nitrogens is 6. The molecule has 0 aromatic carbocycles. The van der Waals surface area contributed by atoms with Crippen molar-refractivity contribution in [2.75, 3.05) is 98.4 Å². The van der Waals surface area contributed by atoms with Gasteiger partial charge in [-0.15, -0.1) is 22.5 Å². The molecule has 0 spiro atoms. The lowest BCUT2D eigenvalue weighted by atomic mass is 10.1. The maximum atomic E-state index is 15.6. The first-order valence-corrected chi connectivity index (χ1v) is 45.1. The van der Waals surface area contributed by atoms with Gasteiger partial charge in [0.15, 0.2) is 5.78 Å². The van der Waals surface area contributed by atoms with Crippen molar-refractivity contribution in [1.29, 1.82) is 0 Å². The van der Waals surface area contributed by atoms with Gasteiger partial charge in [0.05, 0.1) is 49.7 Å². The van der Waals surface area contributed by atoms with E-state index >= 15 is 33.6 Å². The molecule has 45 heteroatoms. The first-order valence-electron chi connectivity index (χ1n) is 45.1. The van der Waals surface area contributed by atoms with Gasteiger partial charge in [-0.3, -0.25) is 71.8 Å². The summed E-state index contributed by atoms with van der Waals surface area (Å²) in [4.78, 5) is 261. The second-order valence-electron chi connectivity index (χ2n) is 34.6. The van der Waals surface area contributed by atoms with Crippen LogP contribution in [0.3, 0.4) is 0 Å². The highest BCUT2D eigenvalue weighted by molar-refractivity contribution is 6.01. The van der Waals surface area contributed by atoms with Gasteiger partial charge < -0.3 is 94.7 Å². The van der Waals surface area contributed by atoms with E-state index in [1.54, 1.807) is 15.8 Å². The Balaban J connectivity index is 0.0000155. The van der Waals surface area contributed by atoms with Gasteiger partial charge in [-0.05, 0) is 134 Å². The quantitative estimate of drug-likeness (QED) is 0.0155. The van der Waals surface area contributed by atoms with Crippen LogP contribution < -0.4 is 26.6 Å². The Labute approximate surface area is 757 Å². The van der Waals surface area contributed by atoms with Crippen LogP contribution in [0.2, 0.25) is 0 Å². The molecule has 11 fully saturated rings. The fourth-order valence-corrected chi connectivity index (χ4v) is 20.3. The van der Waals surface area contributed by atoms with Crippen molar-refractivity contribution in [1.82, 2.24) is 110 Å². The molecule has 11 aliphatic heterocycles. The average molecular weight is 1820 g/mol. The van der Waals surface area contributed by atoms with Crippen molar-refractivity contribution in [2.45, 2.75) is 266 Å². The van der Waals surface area contributed by atoms with Crippen LogP contribution in [0.15, 0.2) is 55.5 Å². The van der Waals surface area contributed by atoms with Crippen LogP contribution in [-0.2, 0) is 108 Å². The van der Waals surface area contributed by atoms with E-state index in [0.29, 0.717) is 102 Å². The molecule has 14 atom stereocenters. The molecule has 0 bridgehead atoms. The Morgan fingerprint density at radius 2 is 0.756 bits per heavy atom. The zero-order chi connectivity index (χ0) is 92.4. The molecule has 0 aliphatic carbocycles. The van der Waals surface area contributed by atoms with Gasteiger partial charge in [-0.25, -0.2) is 19.1 Å². The molecule has 2 aromatic rings. The second-order valence-corrected chi connectivity index (χ2v) is 34.6. The number of nitrogens with one attached hydrogen (secondary N) is 5. The molecule has 5 N–H and O–H groups in total. The van der Waals surface area contributed by atoms with Crippen LogP contribution in [-0.4, -0.2) is 368 Å². The first-order chi connectivity index (χ1) is 62.8. The lowest BCUT2D eigenvalue weighted by molar-refractivity contribution is -0.155. The van der Waals surface area contributed by atoms with E-state index in [1.165, 1.54) is 78.1 Å². The van der Waals surface area contributed by atoms with Crippen LogP contribution in [0.4, 0.5) is 14.4 Å². The molecule has 13 heterocycles. The molecule has 45 nitrogen and oxygen atoms in total. The van der Waals surface area contributed by atoms with E-state index in [1.807, 2.05) is 0 Å². The molecular weight excluding hydrogens is 1700 g/mol. The number of Topliss-reactive ketones (excluding diaryl/α,β-unsaturated/α-hetero) is 1.